The minimum Gasteiger partial charge on any atom is -0.368 e. The highest BCUT2D eigenvalue weighted by Gasteiger charge is 2.16. The van der Waals surface area contributed by atoms with Crippen molar-refractivity contribution < 1.29 is 0 Å². The highest BCUT2D eigenvalue weighted by Crippen LogP contribution is 2.24. The van der Waals surface area contributed by atoms with Gasteiger partial charge in [-0.15, -0.1) is 0 Å². The van der Waals surface area contributed by atoms with Crippen molar-refractivity contribution in [2.45, 2.75) is 6.92 Å². The summed E-state index contributed by atoms with van der Waals surface area (Å²) in [5.41, 5.74) is 7.42. The number of nitrogens with one attached hydrogen (secondary N) is 2. The van der Waals surface area contributed by atoms with Gasteiger partial charge in [-0.1, -0.05) is 12.1 Å². The van der Waals surface area contributed by atoms with E-state index in [1.807, 2.05) is 24.3 Å². The van der Waals surface area contributed by atoms with Gasteiger partial charge in [-0.2, -0.15) is 15.0 Å². The molecule has 23 heavy (non-hydrogen) atoms. The van der Waals surface area contributed by atoms with Crippen molar-refractivity contribution in [1.82, 2.24) is 34.5 Å². The van der Waals surface area contributed by atoms with Crippen molar-refractivity contribution in [3.63, 3.8) is 0 Å². The second-order valence-electron chi connectivity index (χ2n) is 4.86. The first-order valence-corrected chi connectivity index (χ1v) is 6.93. The molecule has 0 radical (unpaired) electrons. The molecule has 0 fully saturated rings. The summed E-state index contributed by atoms with van der Waals surface area (Å²) in [4.78, 5) is 24.3. The van der Waals surface area contributed by atoms with Gasteiger partial charge in [0.25, 0.3) is 0 Å². The van der Waals surface area contributed by atoms with E-state index in [1.54, 1.807) is 23.9 Å². The molecule has 0 aliphatic rings. The molecule has 9 nitrogen and oxygen atoms in total. The first kappa shape index (κ1) is 13.2. The van der Waals surface area contributed by atoms with E-state index in [4.69, 9.17) is 5.73 Å². The number of nitrogens with two attached hydrogens (primary N) is 1. The predicted octanol–water partition coefficient (Wildman–Crippen LogP) is 1.57. The van der Waals surface area contributed by atoms with Crippen molar-refractivity contribution in [3.05, 3.63) is 42.5 Å². The second-order valence-corrected chi connectivity index (χ2v) is 4.86. The smallest absolute Gasteiger partial charge is 0.242 e. The first-order valence-electron chi connectivity index (χ1n) is 6.93. The minimum absolute atomic E-state index is 0.161. The van der Waals surface area contributed by atoms with Gasteiger partial charge in [0, 0.05) is 12.4 Å². The Morgan fingerprint density at radius 3 is 2.78 bits per heavy atom. The minimum atomic E-state index is 0.161. The topological polar surface area (TPSA) is 123 Å². The van der Waals surface area contributed by atoms with Gasteiger partial charge in [-0.3, -0.25) is 5.32 Å². The highest BCUT2D eigenvalue weighted by atomic mass is 15.3. The Labute approximate surface area is 130 Å². The molecule has 114 valence electrons. The van der Waals surface area contributed by atoms with Crippen LogP contribution in [0.5, 0.6) is 0 Å². The number of anilines is 3. The van der Waals surface area contributed by atoms with Crippen LogP contribution in [0.1, 0.15) is 5.82 Å². The van der Waals surface area contributed by atoms with Gasteiger partial charge in [-0.25, -0.2) is 14.5 Å². The Hall–Kier alpha value is -3.49. The molecule has 3 heterocycles. The number of fused-ring (bicyclic) bond motifs is 1. The summed E-state index contributed by atoms with van der Waals surface area (Å²) >= 11 is 0. The van der Waals surface area contributed by atoms with E-state index in [-0.39, 0.29) is 5.95 Å². The number of rotatable bonds is 3. The van der Waals surface area contributed by atoms with E-state index >= 15 is 0 Å². The molecule has 4 aromatic rings. The van der Waals surface area contributed by atoms with Crippen LogP contribution in [0.3, 0.4) is 0 Å². The number of aryl methyl sites for hydroxylation is 1. The van der Waals surface area contributed by atoms with Crippen LogP contribution in [0.15, 0.2) is 36.7 Å². The van der Waals surface area contributed by atoms with E-state index in [0.717, 1.165) is 11.0 Å². The van der Waals surface area contributed by atoms with Crippen molar-refractivity contribution in [3.8, 4) is 5.95 Å². The molecule has 0 amide bonds. The number of aromatic nitrogens is 7. The largest absolute Gasteiger partial charge is 0.368 e. The van der Waals surface area contributed by atoms with E-state index in [0.29, 0.717) is 23.7 Å². The molecule has 9 heteroatoms. The number of H-pyrrole nitrogens is 1. The molecule has 0 aliphatic carbocycles. The SMILES string of the molecule is Cc1nc(N)nc(-n2c(Nc3ncc[nH]3)nc3ccccc32)n1. The summed E-state index contributed by atoms with van der Waals surface area (Å²) in [5.74, 6) is 2.20. The van der Waals surface area contributed by atoms with E-state index in [1.165, 1.54) is 0 Å². The van der Waals surface area contributed by atoms with Gasteiger partial charge in [0.2, 0.25) is 23.8 Å². The average Bonchev–Trinajstić information content (AvgIpc) is 3.13. The van der Waals surface area contributed by atoms with Gasteiger partial charge < -0.3 is 10.7 Å². The Morgan fingerprint density at radius 1 is 1.13 bits per heavy atom. The molecule has 4 N–H and O–H groups in total. The van der Waals surface area contributed by atoms with E-state index < -0.39 is 0 Å². The molecule has 1 aromatic carbocycles. The number of benzene rings is 1. The number of nitrogen functional groups attached to an aromatic ring is 1. The zero-order valence-electron chi connectivity index (χ0n) is 12.2. The van der Waals surface area contributed by atoms with E-state index in [9.17, 15) is 0 Å². The fraction of sp³-hybridized carbons (Fsp3) is 0.0714. The number of hydrogen-bond donors (Lipinski definition) is 3. The third-order valence-electron chi connectivity index (χ3n) is 3.24. The summed E-state index contributed by atoms with van der Waals surface area (Å²) in [6.45, 7) is 1.76. The molecule has 0 saturated heterocycles. The molecule has 0 aliphatic heterocycles. The lowest BCUT2D eigenvalue weighted by atomic mass is 10.3. The fourth-order valence-electron chi connectivity index (χ4n) is 2.34. The molecule has 0 spiro atoms. The number of nitrogens with zero attached hydrogens (tertiary/aromatic N) is 6. The summed E-state index contributed by atoms with van der Waals surface area (Å²) in [7, 11) is 0. The van der Waals surface area contributed by atoms with Gasteiger partial charge in [0.05, 0.1) is 11.0 Å². The van der Waals surface area contributed by atoms with E-state index in [2.05, 4.69) is 35.2 Å². The summed E-state index contributed by atoms with van der Waals surface area (Å²) in [5, 5.41) is 3.12. The average molecular weight is 307 g/mol. The lowest BCUT2D eigenvalue weighted by molar-refractivity contribution is 0.892. The summed E-state index contributed by atoms with van der Waals surface area (Å²) in [6.07, 6.45) is 3.38. The predicted molar refractivity (Wildman–Crippen MR) is 85.5 cm³/mol. The van der Waals surface area contributed by atoms with Crippen LogP contribution in [0.4, 0.5) is 17.8 Å². The fourth-order valence-corrected chi connectivity index (χ4v) is 2.34. The highest BCUT2D eigenvalue weighted by molar-refractivity contribution is 5.81. The molecule has 0 bridgehead atoms. The van der Waals surface area contributed by atoms with Gasteiger partial charge in [0.15, 0.2) is 0 Å². The maximum Gasteiger partial charge on any atom is 0.242 e. The summed E-state index contributed by atoms with van der Waals surface area (Å²) < 4.78 is 1.78. The first-order chi connectivity index (χ1) is 11.2. The van der Waals surface area contributed by atoms with Crippen LogP contribution < -0.4 is 11.1 Å². The van der Waals surface area contributed by atoms with Crippen LogP contribution in [0, 0.1) is 6.92 Å². The standard InChI is InChI=1S/C14H13N9/c1-8-18-11(15)21-13(19-8)23-10-5-3-2-4-9(10)20-14(23)22-12-16-6-7-17-12/h2-7H,1H3,(H2,15,18,19,21)(H2,16,17,20,22). The van der Waals surface area contributed by atoms with Crippen molar-refractivity contribution >= 4 is 28.9 Å². The third-order valence-corrected chi connectivity index (χ3v) is 3.24. The molecule has 3 aromatic heterocycles. The van der Waals surface area contributed by atoms with Crippen molar-refractivity contribution in [1.29, 1.82) is 0 Å². The Bertz CT molecular complexity index is 951. The molecule has 4 rings (SSSR count). The second kappa shape index (κ2) is 5.05. The van der Waals surface area contributed by atoms with Gasteiger partial charge >= 0.3 is 0 Å². The quantitative estimate of drug-likeness (QED) is 0.525. The lowest BCUT2D eigenvalue weighted by Gasteiger charge is -2.08. The maximum atomic E-state index is 5.76. The Balaban J connectivity index is 1.95. The Morgan fingerprint density at radius 2 is 2.00 bits per heavy atom. The molecule has 0 unspecified atom stereocenters. The maximum absolute atomic E-state index is 5.76. The normalized spacial score (nSPS) is 11.0. The van der Waals surface area contributed by atoms with Crippen LogP contribution in [-0.2, 0) is 0 Å². The molecular weight excluding hydrogens is 294 g/mol. The van der Waals surface area contributed by atoms with Crippen molar-refractivity contribution in [2.75, 3.05) is 11.1 Å². The lowest BCUT2D eigenvalue weighted by Crippen LogP contribution is -2.10. The van der Waals surface area contributed by atoms with Crippen molar-refractivity contribution in [2.24, 2.45) is 0 Å². The summed E-state index contributed by atoms with van der Waals surface area (Å²) in [6, 6.07) is 7.69. The Kier molecular flexibility index (Phi) is 2.90. The molecule has 0 saturated carbocycles. The zero-order chi connectivity index (χ0) is 15.8. The third kappa shape index (κ3) is 2.33. The molecule has 0 atom stereocenters. The number of aromatic amines is 1. The van der Waals surface area contributed by atoms with Crippen LogP contribution in [-0.4, -0.2) is 34.5 Å². The zero-order valence-corrected chi connectivity index (χ0v) is 12.2. The van der Waals surface area contributed by atoms with Gasteiger partial charge in [0.1, 0.15) is 5.82 Å². The van der Waals surface area contributed by atoms with Crippen LogP contribution in [0.2, 0.25) is 0 Å². The van der Waals surface area contributed by atoms with Gasteiger partial charge in [-0.05, 0) is 19.1 Å². The number of imidazole rings is 2. The van der Waals surface area contributed by atoms with Crippen LogP contribution in [0.25, 0.3) is 17.0 Å². The van der Waals surface area contributed by atoms with Crippen LogP contribution >= 0.6 is 0 Å². The molecular formula is C14H13N9. The number of hydrogen-bond acceptors (Lipinski definition) is 7. The monoisotopic (exact) mass is 307 g/mol. The number of para-hydroxylation sites is 2.